The summed E-state index contributed by atoms with van der Waals surface area (Å²) in [6.45, 7) is 2.23. The zero-order valence-electron chi connectivity index (χ0n) is 11.6. The van der Waals surface area contributed by atoms with E-state index in [-0.39, 0.29) is 10.9 Å². The molecule has 0 radical (unpaired) electrons. The Morgan fingerprint density at radius 1 is 0.650 bits per heavy atom. The normalized spacial score (nSPS) is 21.3. The maximum Gasteiger partial charge on any atom is 0.165 e. The van der Waals surface area contributed by atoms with Gasteiger partial charge in [-0.15, -0.1) is 0 Å². The molecule has 3 rings (SSSR count). The van der Waals surface area contributed by atoms with Gasteiger partial charge in [-0.1, -0.05) is 55.5 Å². The van der Waals surface area contributed by atoms with Crippen molar-refractivity contribution in [3.8, 4) is 0 Å². The Bertz CT molecular complexity index is 545. The third-order valence-electron chi connectivity index (χ3n) is 3.48. The molecule has 0 fully saturated rings. The van der Waals surface area contributed by atoms with Crippen LogP contribution in [0.3, 0.4) is 0 Å². The monoisotopic (exact) mass is 279 g/mol. The third-order valence-corrected chi connectivity index (χ3v) is 5.89. The SMILES string of the molecule is CC1C=CC([S+](c2ccccc2)c2ccccc2)C=C1. The largest absolute Gasteiger partial charge is 0.165 e. The summed E-state index contributed by atoms with van der Waals surface area (Å²) in [6, 6.07) is 21.7. The lowest BCUT2D eigenvalue weighted by Gasteiger charge is -2.16. The van der Waals surface area contributed by atoms with E-state index in [1.165, 1.54) is 9.79 Å². The van der Waals surface area contributed by atoms with Gasteiger partial charge in [0.15, 0.2) is 15.0 Å². The van der Waals surface area contributed by atoms with Crippen LogP contribution >= 0.6 is 0 Å². The fraction of sp³-hybridized carbons (Fsp3) is 0.158. The summed E-state index contributed by atoms with van der Waals surface area (Å²) in [5.74, 6) is 0.559. The van der Waals surface area contributed by atoms with Crippen molar-refractivity contribution in [1.29, 1.82) is 0 Å². The molecular weight excluding hydrogens is 260 g/mol. The molecule has 0 atom stereocenters. The minimum atomic E-state index is 0.0738. The molecule has 0 spiro atoms. The molecule has 0 bridgehead atoms. The first-order valence-corrected chi connectivity index (χ1v) is 8.33. The van der Waals surface area contributed by atoms with Crippen LogP contribution in [-0.2, 0) is 10.9 Å². The van der Waals surface area contributed by atoms with Crippen molar-refractivity contribution in [3.05, 3.63) is 85.0 Å². The standard InChI is InChI=1S/C19H19S/c1-16-12-14-19(15-13-16)20(17-8-4-2-5-9-17)18-10-6-3-7-11-18/h2-16,19H,1H3/q+1. The van der Waals surface area contributed by atoms with Crippen LogP contribution in [-0.4, -0.2) is 5.25 Å². The zero-order valence-corrected chi connectivity index (χ0v) is 12.5. The van der Waals surface area contributed by atoms with E-state index in [1.54, 1.807) is 0 Å². The number of benzene rings is 2. The third kappa shape index (κ3) is 2.88. The predicted molar refractivity (Wildman–Crippen MR) is 88.0 cm³/mol. The van der Waals surface area contributed by atoms with Crippen molar-refractivity contribution >= 4 is 10.9 Å². The van der Waals surface area contributed by atoms with Crippen LogP contribution in [0.1, 0.15) is 6.92 Å². The highest BCUT2D eigenvalue weighted by atomic mass is 32.2. The summed E-state index contributed by atoms with van der Waals surface area (Å²) in [5.41, 5.74) is 0. The Morgan fingerprint density at radius 3 is 1.55 bits per heavy atom. The molecule has 0 saturated heterocycles. The lowest BCUT2D eigenvalue weighted by molar-refractivity contribution is 0.911. The van der Waals surface area contributed by atoms with Gasteiger partial charge in [-0.2, -0.15) is 0 Å². The number of hydrogen-bond acceptors (Lipinski definition) is 0. The van der Waals surface area contributed by atoms with E-state index in [1.807, 2.05) is 0 Å². The maximum absolute atomic E-state index is 2.37. The minimum Gasteiger partial charge on any atom is -0.0766 e. The Labute approximate surface area is 124 Å². The maximum atomic E-state index is 2.37. The number of hydrogen-bond donors (Lipinski definition) is 0. The van der Waals surface area contributed by atoms with E-state index in [0.29, 0.717) is 11.2 Å². The molecule has 20 heavy (non-hydrogen) atoms. The van der Waals surface area contributed by atoms with E-state index in [4.69, 9.17) is 0 Å². The highest BCUT2D eigenvalue weighted by Gasteiger charge is 2.32. The van der Waals surface area contributed by atoms with E-state index >= 15 is 0 Å². The van der Waals surface area contributed by atoms with Crippen LogP contribution < -0.4 is 0 Å². The molecule has 1 aliphatic rings. The quantitative estimate of drug-likeness (QED) is 0.556. The molecule has 1 heteroatoms. The summed E-state index contributed by atoms with van der Waals surface area (Å²) in [6.07, 6.45) is 9.37. The highest BCUT2D eigenvalue weighted by Crippen LogP contribution is 2.30. The second-order valence-electron chi connectivity index (χ2n) is 5.06. The molecule has 0 N–H and O–H groups in total. The highest BCUT2D eigenvalue weighted by molar-refractivity contribution is 7.97. The molecule has 0 saturated carbocycles. The Kier molecular flexibility index (Phi) is 4.08. The average molecular weight is 279 g/mol. The number of rotatable bonds is 3. The van der Waals surface area contributed by atoms with Crippen molar-refractivity contribution in [1.82, 2.24) is 0 Å². The van der Waals surface area contributed by atoms with Gasteiger partial charge in [0.05, 0.1) is 10.9 Å². The Balaban J connectivity index is 2.01. The summed E-state index contributed by atoms with van der Waals surface area (Å²) in [4.78, 5) is 2.82. The first-order valence-electron chi connectivity index (χ1n) is 7.04. The molecule has 1 aliphatic carbocycles. The summed E-state index contributed by atoms with van der Waals surface area (Å²) in [7, 11) is 0.0738. The fourth-order valence-electron chi connectivity index (χ4n) is 2.44. The van der Waals surface area contributed by atoms with Gasteiger partial charge in [0.25, 0.3) is 0 Å². The van der Waals surface area contributed by atoms with Crippen LogP contribution in [0.5, 0.6) is 0 Å². The lowest BCUT2D eigenvalue weighted by Crippen LogP contribution is -2.20. The van der Waals surface area contributed by atoms with Crippen LogP contribution in [0.2, 0.25) is 0 Å². The van der Waals surface area contributed by atoms with Gasteiger partial charge in [-0.3, -0.25) is 0 Å². The van der Waals surface area contributed by atoms with Gasteiger partial charge in [-0.25, -0.2) is 0 Å². The topological polar surface area (TPSA) is 0 Å². The predicted octanol–water partition coefficient (Wildman–Crippen LogP) is 4.85. The molecule has 2 aromatic rings. The average Bonchev–Trinajstić information content (AvgIpc) is 2.52. The smallest absolute Gasteiger partial charge is 0.0766 e. The molecule has 100 valence electrons. The second kappa shape index (κ2) is 6.15. The fourth-order valence-corrected chi connectivity index (χ4v) is 4.74. The van der Waals surface area contributed by atoms with Crippen molar-refractivity contribution in [3.63, 3.8) is 0 Å². The first-order chi connectivity index (χ1) is 9.84. The summed E-state index contributed by atoms with van der Waals surface area (Å²) >= 11 is 0. The molecule has 0 aromatic heterocycles. The second-order valence-corrected chi connectivity index (χ2v) is 7.22. The molecular formula is C19H19S+. The van der Waals surface area contributed by atoms with Gasteiger partial charge >= 0.3 is 0 Å². The van der Waals surface area contributed by atoms with Crippen LogP contribution in [0.15, 0.2) is 94.8 Å². The molecule has 0 aliphatic heterocycles. The van der Waals surface area contributed by atoms with Crippen molar-refractivity contribution in [2.24, 2.45) is 5.92 Å². The van der Waals surface area contributed by atoms with Gasteiger partial charge < -0.3 is 0 Å². The van der Waals surface area contributed by atoms with Crippen molar-refractivity contribution in [2.75, 3.05) is 0 Å². The summed E-state index contributed by atoms with van der Waals surface area (Å²) < 4.78 is 0. The van der Waals surface area contributed by atoms with E-state index in [0.717, 1.165) is 0 Å². The molecule has 2 aromatic carbocycles. The molecule has 0 unspecified atom stereocenters. The van der Waals surface area contributed by atoms with Gasteiger partial charge in [0.1, 0.15) is 0 Å². The minimum absolute atomic E-state index is 0.0738. The van der Waals surface area contributed by atoms with Crippen molar-refractivity contribution in [2.45, 2.75) is 22.0 Å². The van der Waals surface area contributed by atoms with Gasteiger partial charge in [0.2, 0.25) is 0 Å². The Hall–Kier alpha value is -1.73. The van der Waals surface area contributed by atoms with E-state index in [9.17, 15) is 0 Å². The van der Waals surface area contributed by atoms with Crippen LogP contribution in [0, 0.1) is 5.92 Å². The zero-order chi connectivity index (χ0) is 13.8. The van der Waals surface area contributed by atoms with Crippen LogP contribution in [0.25, 0.3) is 0 Å². The van der Waals surface area contributed by atoms with E-state index < -0.39 is 0 Å². The molecule has 0 nitrogen and oxygen atoms in total. The first kappa shape index (κ1) is 13.3. The summed E-state index contributed by atoms with van der Waals surface area (Å²) in [5, 5.41) is 0.469. The van der Waals surface area contributed by atoms with Gasteiger partial charge in [-0.05, 0) is 42.3 Å². The van der Waals surface area contributed by atoms with Gasteiger partial charge in [0, 0.05) is 0 Å². The van der Waals surface area contributed by atoms with Crippen molar-refractivity contribution < 1.29 is 0 Å². The molecule has 0 heterocycles. The molecule has 0 amide bonds. The Morgan fingerprint density at radius 2 is 1.10 bits per heavy atom. The van der Waals surface area contributed by atoms with Crippen LogP contribution in [0.4, 0.5) is 0 Å². The number of allylic oxidation sites excluding steroid dienone is 2. The van der Waals surface area contributed by atoms with E-state index in [2.05, 4.69) is 91.9 Å². The lowest BCUT2D eigenvalue weighted by atomic mass is 10.1.